The van der Waals surface area contributed by atoms with Crippen LogP contribution in [0.1, 0.15) is 38.2 Å². The van der Waals surface area contributed by atoms with E-state index in [1.807, 2.05) is 6.92 Å². The number of unbranched alkanes of at least 4 members (excludes halogenated alkanes) is 1. The first-order chi connectivity index (χ1) is 20.9. The molecule has 0 fully saturated rings. The standard InChI is InChI=1S/C29H27F9O6S/c1-3-5-6-18-7-10-21(22(15-18)42-28(34,35)36)24-16-19-8-9-20(17-23(19)45-24)40-13-11-26(30,31)43-29(37,38)44-27(32,33)12-14-41-25(39)4-2/h4,7-10,15-17H,2-3,5-6,11-14H2,1H3. The molecule has 0 atom stereocenters. The zero-order valence-electron chi connectivity index (χ0n) is 23.5. The molecule has 0 N–H and O–H groups in total. The molecule has 0 bridgehead atoms. The van der Waals surface area contributed by atoms with Crippen molar-refractivity contribution in [1.82, 2.24) is 0 Å². The summed E-state index contributed by atoms with van der Waals surface area (Å²) < 4.78 is 142. The highest BCUT2D eigenvalue weighted by Crippen LogP contribution is 2.42. The number of carbonyl (C=O) groups is 1. The Hall–Kier alpha value is -3.50. The van der Waals surface area contributed by atoms with Gasteiger partial charge in [0.25, 0.3) is 0 Å². The molecule has 0 radical (unpaired) electrons. The van der Waals surface area contributed by atoms with Gasteiger partial charge >= 0.3 is 30.8 Å². The number of ether oxygens (including phenoxy) is 5. The molecule has 0 amide bonds. The normalized spacial score (nSPS) is 12.8. The van der Waals surface area contributed by atoms with E-state index in [2.05, 4.69) is 25.5 Å². The third-order valence-electron chi connectivity index (χ3n) is 5.85. The Kier molecular flexibility index (Phi) is 11.8. The van der Waals surface area contributed by atoms with E-state index < -0.39 is 56.9 Å². The van der Waals surface area contributed by atoms with E-state index >= 15 is 0 Å². The second-order valence-corrected chi connectivity index (χ2v) is 10.5. The van der Waals surface area contributed by atoms with E-state index in [1.165, 1.54) is 30.3 Å². The molecule has 0 aliphatic carbocycles. The van der Waals surface area contributed by atoms with Crippen LogP contribution in [0.4, 0.5) is 39.5 Å². The van der Waals surface area contributed by atoms with E-state index in [4.69, 9.17) is 4.74 Å². The maximum Gasteiger partial charge on any atom is 0.573 e. The maximum atomic E-state index is 14.0. The number of hydrogen-bond donors (Lipinski definition) is 0. The third kappa shape index (κ3) is 11.7. The minimum atomic E-state index is -5.43. The molecule has 16 heteroatoms. The summed E-state index contributed by atoms with van der Waals surface area (Å²) in [6.07, 6.45) is -20.0. The van der Waals surface area contributed by atoms with Gasteiger partial charge in [0, 0.05) is 21.2 Å². The lowest BCUT2D eigenvalue weighted by Gasteiger charge is -2.26. The molecule has 3 rings (SSSR count). The van der Waals surface area contributed by atoms with Crippen LogP contribution in [0.2, 0.25) is 0 Å². The van der Waals surface area contributed by atoms with Crippen molar-refractivity contribution in [3.8, 4) is 21.9 Å². The highest BCUT2D eigenvalue weighted by atomic mass is 32.1. The first-order valence-corrected chi connectivity index (χ1v) is 14.1. The van der Waals surface area contributed by atoms with Gasteiger partial charge in [-0.2, -0.15) is 17.6 Å². The average Bonchev–Trinajstić information content (AvgIpc) is 3.32. The number of benzene rings is 2. The van der Waals surface area contributed by atoms with Gasteiger partial charge in [0.2, 0.25) is 0 Å². The molecule has 1 heterocycles. The average molecular weight is 675 g/mol. The first-order valence-electron chi connectivity index (χ1n) is 13.3. The molecule has 1 aromatic heterocycles. The Morgan fingerprint density at radius 3 is 2.18 bits per heavy atom. The zero-order valence-corrected chi connectivity index (χ0v) is 24.4. The molecule has 6 nitrogen and oxygen atoms in total. The predicted octanol–water partition coefficient (Wildman–Crippen LogP) is 9.47. The van der Waals surface area contributed by atoms with E-state index in [0.29, 0.717) is 33.0 Å². The SMILES string of the molecule is C=CC(=O)OCCC(F)(F)OC(F)(F)OC(F)(F)CCOc1ccc2cc(-c3ccc(CCCC)cc3OC(F)(F)F)sc2c1. The predicted molar refractivity (Wildman–Crippen MR) is 145 cm³/mol. The molecule has 0 unspecified atom stereocenters. The summed E-state index contributed by atoms with van der Waals surface area (Å²) in [6.45, 7) is 2.99. The highest BCUT2D eigenvalue weighted by molar-refractivity contribution is 7.22. The van der Waals surface area contributed by atoms with E-state index in [0.717, 1.165) is 24.2 Å². The number of aryl methyl sites for hydroxylation is 1. The van der Waals surface area contributed by atoms with Crippen molar-refractivity contribution < 1.29 is 68.0 Å². The molecule has 3 aromatic rings. The maximum absolute atomic E-state index is 14.0. The van der Waals surface area contributed by atoms with Crippen molar-refractivity contribution in [2.24, 2.45) is 0 Å². The Morgan fingerprint density at radius 1 is 0.889 bits per heavy atom. The van der Waals surface area contributed by atoms with Gasteiger partial charge in [-0.05, 0) is 60.2 Å². The topological polar surface area (TPSA) is 63.2 Å². The molecule has 0 spiro atoms. The Morgan fingerprint density at radius 2 is 1.56 bits per heavy atom. The van der Waals surface area contributed by atoms with Crippen LogP contribution in [0, 0.1) is 0 Å². The summed E-state index contributed by atoms with van der Waals surface area (Å²) in [5, 5.41) is 0.584. The van der Waals surface area contributed by atoms with Gasteiger partial charge in [0.1, 0.15) is 11.5 Å². The van der Waals surface area contributed by atoms with Crippen LogP contribution in [0.25, 0.3) is 20.5 Å². The number of carbonyl (C=O) groups excluding carboxylic acids is 1. The number of halogens is 9. The summed E-state index contributed by atoms with van der Waals surface area (Å²) in [4.78, 5) is 11.3. The van der Waals surface area contributed by atoms with Crippen molar-refractivity contribution in [2.75, 3.05) is 13.2 Å². The van der Waals surface area contributed by atoms with E-state index in [9.17, 15) is 44.3 Å². The van der Waals surface area contributed by atoms with Gasteiger partial charge in [-0.25, -0.2) is 14.3 Å². The quantitative estimate of drug-likeness (QED) is 0.0616. The minimum Gasteiger partial charge on any atom is -0.493 e. The van der Waals surface area contributed by atoms with E-state index in [-0.39, 0.29) is 17.1 Å². The molecular weight excluding hydrogens is 647 g/mol. The number of thiophene rings is 1. The lowest BCUT2D eigenvalue weighted by atomic mass is 10.0. The van der Waals surface area contributed by atoms with Gasteiger partial charge in [0.05, 0.1) is 26.1 Å². The number of fused-ring (bicyclic) bond motifs is 1. The minimum absolute atomic E-state index is 0.0111. The molecule has 0 saturated heterocycles. The van der Waals surface area contributed by atoms with Crippen molar-refractivity contribution >= 4 is 27.4 Å². The number of esters is 1. The monoisotopic (exact) mass is 674 g/mol. The lowest BCUT2D eigenvalue weighted by molar-refractivity contribution is -0.514. The summed E-state index contributed by atoms with van der Waals surface area (Å²) >= 11 is 1.07. The van der Waals surface area contributed by atoms with E-state index in [1.54, 1.807) is 12.1 Å². The summed E-state index contributed by atoms with van der Waals surface area (Å²) in [7, 11) is 0. The molecule has 45 heavy (non-hydrogen) atoms. The van der Waals surface area contributed by atoms with Gasteiger partial charge in [-0.15, -0.1) is 33.3 Å². The van der Waals surface area contributed by atoms with Gasteiger partial charge < -0.3 is 14.2 Å². The van der Waals surface area contributed by atoms with Crippen LogP contribution in [0.3, 0.4) is 0 Å². The second kappa shape index (κ2) is 14.7. The van der Waals surface area contributed by atoms with Crippen LogP contribution in [-0.4, -0.2) is 44.1 Å². The fourth-order valence-electron chi connectivity index (χ4n) is 3.84. The molecule has 248 valence electrons. The van der Waals surface area contributed by atoms with Gasteiger partial charge in [-0.1, -0.05) is 26.0 Å². The zero-order chi connectivity index (χ0) is 33.5. The van der Waals surface area contributed by atoms with Crippen molar-refractivity contribution in [3.63, 3.8) is 0 Å². The van der Waals surface area contributed by atoms with Crippen molar-refractivity contribution in [2.45, 2.75) is 63.9 Å². The summed E-state index contributed by atoms with van der Waals surface area (Å²) in [5.74, 6) is -1.48. The smallest absolute Gasteiger partial charge is 0.493 e. The fourth-order valence-corrected chi connectivity index (χ4v) is 4.96. The lowest BCUT2D eigenvalue weighted by Crippen LogP contribution is -2.41. The molecule has 2 aromatic carbocycles. The second-order valence-electron chi connectivity index (χ2n) is 9.45. The first kappa shape index (κ1) is 36.0. The van der Waals surface area contributed by atoms with Crippen molar-refractivity contribution in [1.29, 1.82) is 0 Å². The Labute approximate surface area is 255 Å². The van der Waals surface area contributed by atoms with Crippen LogP contribution < -0.4 is 9.47 Å². The fraction of sp³-hybridized carbons (Fsp3) is 0.414. The largest absolute Gasteiger partial charge is 0.573 e. The van der Waals surface area contributed by atoms with Gasteiger partial charge in [0.15, 0.2) is 0 Å². The Bertz CT molecular complexity index is 1460. The highest BCUT2D eigenvalue weighted by Gasteiger charge is 2.52. The van der Waals surface area contributed by atoms with Crippen LogP contribution in [0.5, 0.6) is 11.5 Å². The summed E-state index contributed by atoms with van der Waals surface area (Å²) in [5.41, 5.74) is 0.849. The third-order valence-corrected chi connectivity index (χ3v) is 6.98. The number of hydrogen-bond acceptors (Lipinski definition) is 7. The van der Waals surface area contributed by atoms with Crippen LogP contribution in [-0.2, 0) is 25.4 Å². The van der Waals surface area contributed by atoms with Crippen LogP contribution >= 0.6 is 11.3 Å². The Balaban J connectivity index is 1.64. The van der Waals surface area contributed by atoms with Crippen molar-refractivity contribution in [3.05, 3.63) is 60.7 Å². The summed E-state index contributed by atoms with van der Waals surface area (Å²) in [6, 6.07) is 10.4. The molecule has 0 aliphatic rings. The molecule has 0 aliphatic heterocycles. The molecule has 0 saturated carbocycles. The molecular formula is C29H27F9O6S. The van der Waals surface area contributed by atoms with Gasteiger partial charge in [-0.3, -0.25) is 0 Å². The number of alkyl halides is 9. The number of rotatable bonds is 17. The van der Waals surface area contributed by atoms with Crippen LogP contribution in [0.15, 0.2) is 55.1 Å².